The third-order valence-electron chi connectivity index (χ3n) is 15.2. The lowest BCUT2D eigenvalue weighted by molar-refractivity contribution is -0.112. The van der Waals surface area contributed by atoms with Crippen molar-refractivity contribution in [3.8, 4) is 0 Å². The zero-order valence-electron chi connectivity index (χ0n) is 42.6. The zero-order chi connectivity index (χ0) is 47.9. The van der Waals surface area contributed by atoms with Crippen molar-refractivity contribution in [2.45, 2.75) is 85.0 Å². The molecule has 0 aromatic heterocycles. The summed E-state index contributed by atoms with van der Waals surface area (Å²) in [5.41, 5.74) is 4.76. The molecule has 6 heteroatoms. The smallest absolute Gasteiger partial charge is 1.00 e. The summed E-state index contributed by atoms with van der Waals surface area (Å²) < 4.78 is 10.7. The van der Waals surface area contributed by atoms with Crippen LogP contribution in [0.1, 0.15) is 103 Å². The highest BCUT2D eigenvalue weighted by atomic mass is 35.5. The number of hydrogen-bond acceptors (Lipinski definition) is 4. The maximum atomic E-state index is 10.8. The molecule has 4 nitrogen and oxygen atoms in total. The van der Waals surface area contributed by atoms with Gasteiger partial charge in [0.2, 0.25) is 0 Å². The Hall–Kier alpha value is -5.12. The fourth-order valence-corrected chi connectivity index (χ4v) is 14.2. The summed E-state index contributed by atoms with van der Waals surface area (Å²) in [6, 6.07) is 64.1. The number of hydrogen-bond donors (Lipinski definition) is 0. The molecule has 0 heterocycles. The van der Waals surface area contributed by atoms with Crippen LogP contribution >= 0.6 is 7.26 Å². The molecule has 3 saturated carbocycles. The molecule has 9 rings (SSSR count). The summed E-state index contributed by atoms with van der Waals surface area (Å²) >= 11 is 0. The van der Waals surface area contributed by atoms with E-state index in [1.807, 2.05) is 18.4 Å². The molecule has 0 radical (unpaired) electrons. The van der Waals surface area contributed by atoms with Gasteiger partial charge in [0, 0.05) is 18.9 Å². The lowest BCUT2D eigenvalue weighted by atomic mass is 9.90. The second-order valence-electron chi connectivity index (χ2n) is 20.0. The molecule has 3 aliphatic rings. The summed E-state index contributed by atoms with van der Waals surface area (Å²) in [6.45, 7) is 13.4. The molecule has 358 valence electrons. The Morgan fingerprint density at radius 2 is 0.868 bits per heavy atom. The molecule has 3 unspecified atom stereocenters. The van der Waals surface area contributed by atoms with E-state index in [0.29, 0.717) is 41.4 Å². The number of ether oxygens (including phenoxy) is 2. The van der Waals surface area contributed by atoms with Gasteiger partial charge >= 0.3 is 1.43 Å². The molecule has 0 aliphatic heterocycles. The predicted octanol–water partition coefficient (Wildman–Crippen LogP) is 11.1. The number of carbonyl (C=O) groups is 2. The standard InChI is InChI=1S/C20H20OP.C15H20O.C14H18O.C13H16O.ClH/c1-21-17-22(18-11-5-2-6-12-18,19-13-7-3-8-14-19)20-15-9-4-10-16-20;1-12(13-7-5-4-6-8-13)14-11-15(14,2)9-10-16-3;1-11(12-6-4-3-5-7-12)13-10-14(13,2)8-9-15;1-10(11-6-4-3-5-7-11)12-8-13(12,2)9-14;/h2-16H,17H2,1H3;4-10,12,14H,11H2,1-3H3;3-7,9,11,13H,8,10H2,1-2H3;3-7,9-10,12H,8H2,1-2H3;1H/q+1;;;;/t;12?,14-,15-;11?,13-,14-;10?,12-,13+;/m.000./s1. The largest absolute Gasteiger partial charge is 1.00 e. The van der Waals surface area contributed by atoms with Gasteiger partial charge < -0.3 is 31.5 Å². The monoisotopic (exact) mass is 950 g/mol. The van der Waals surface area contributed by atoms with Gasteiger partial charge in [0.05, 0.1) is 13.4 Å². The minimum atomic E-state index is -1.78. The highest BCUT2D eigenvalue weighted by Crippen LogP contribution is 2.61. The van der Waals surface area contributed by atoms with Gasteiger partial charge in [-0.25, -0.2) is 0 Å². The SMILES string of the molecule is CC(c1ccccc1)[C@@H]1C[C@]1(C)C=O.CC(c1ccccc1)[C@@H]1C[C@]1(C)CC=O.COC=C[C@@]1(C)C[C@H]1C(C)c1ccccc1.COC[P+](c1ccccc1)(c1ccccc1)c1ccccc1.[Cl-].[H+]. The van der Waals surface area contributed by atoms with E-state index in [1.54, 1.807) is 14.2 Å². The first kappa shape index (κ1) is 53.8. The van der Waals surface area contributed by atoms with Crippen LogP contribution in [0.4, 0.5) is 0 Å². The number of carbonyl (C=O) groups excluding carboxylic acids is 2. The Labute approximate surface area is 417 Å². The average Bonchev–Trinajstić information content (AvgIpc) is 4.35. The minimum Gasteiger partial charge on any atom is -1.00 e. The molecular formula is C62H75ClO4P+. The highest BCUT2D eigenvalue weighted by molar-refractivity contribution is 7.95. The van der Waals surface area contributed by atoms with Crippen molar-refractivity contribution in [2.75, 3.05) is 20.6 Å². The molecule has 6 aromatic carbocycles. The Morgan fingerprint density at radius 3 is 1.19 bits per heavy atom. The van der Waals surface area contributed by atoms with Crippen molar-refractivity contribution < 1.29 is 32.9 Å². The van der Waals surface area contributed by atoms with E-state index < -0.39 is 7.26 Å². The maximum absolute atomic E-state index is 10.8. The first-order valence-corrected chi connectivity index (χ1v) is 26.2. The number of methoxy groups -OCH3 is 2. The first-order chi connectivity index (χ1) is 32.4. The van der Waals surface area contributed by atoms with Crippen LogP contribution in [0.25, 0.3) is 0 Å². The van der Waals surface area contributed by atoms with E-state index in [9.17, 15) is 9.59 Å². The third kappa shape index (κ3) is 13.3. The van der Waals surface area contributed by atoms with Crippen LogP contribution in [0.2, 0.25) is 0 Å². The van der Waals surface area contributed by atoms with E-state index in [-0.39, 0.29) is 24.7 Å². The van der Waals surface area contributed by atoms with Gasteiger partial charge in [-0.15, -0.1) is 0 Å². The van der Waals surface area contributed by atoms with E-state index >= 15 is 0 Å². The molecule has 9 atom stereocenters. The van der Waals surface area contributed by atoms with E-state index in [0.717, 1.165) is 31.3 Å². The molecule has 0 bridgehead atoms. The fraction of sp³-hybridized carbons (Fsp3) is 0.355. The molecule has 0 spiro atoms. The van der Waals surface area contributed by atoms with Gasteiger partial charge in [0.25, 0.3) is 0 Å². The summed E-state index contributed by atoms with van der Waals surface area (Å²) in [6.07, 6.45) is 11.2. The van der Waals surface area contributed by atoms with Crippen molar-refractivity contribution in [1.29, 1.82) is 0 Å². The van der Waals surface area contributed by atoms with Gasteiger partial charge in [0.15, 0.2) is 6.35 Å². The van der Waals surface area contributed by atoms with Crippen LogP contribution in [0, 0.1) is 34.0 Å². The van der Waals surface area contributed by atoms with Crippen molar-refractivity contribution in [3.63, 3.8) is 0 Å². The summed E-state index contributed by atoms with van der Waals surface area (Å²) in [7, 11) is 1.73. The molecule has 3 fully saturated rings. The molecule has 68 heavy (non-hydrogen) atoms. The average molecular weight is 951 g/mol. The van der Waals surface area contributed by atoms with Gasteiger partial charge in [-0.1, -0.05) is 187 Å². The van der Waals surface area contributed by atoms with Crippen LogP contribution in [-0.2, 0) is 19.1 Å². The number of rotatable bonds is 16. The molecule has 0 saturated heterocycles. The summed E-state index contributed by atoms with van der Waals surface area (Å²) in [5, 5.41) is 4.07. The zero-order valence-corrected chi connectivity index (χ0v) is 43.2. The minimum absolute atomic E-state index is 0. The fourth-order valence-electron chi connectivity index (χ4n) is 10.4. The second kappa shape index (κ2) is 24.9. The molecular weight excluding hydrogens is 875 g/mol. The quantitative estimate of drug-likeness (QED) is 0.0551. The van der Waals surface area contributed by atoms with Crippen LogP contribution in [0.5, 0.6) is 0 Å². The Balaban J connectivity index is 0.000000202. The normalized spacial score (nSPS) is 24.3. The van der Waals surface area contributed by atoms with Crippen molar-refractivity contribution in [1.82, 2.24) is 0 Å². The lowest BCUT2D eigenvalue weighted by Crippen LogP contribution is -3.00. The molecule has 6 aromatic rings. The van der Waals surface area contributed by atoms with Gasteiger partial charge in [0.1, 0.15) is 35.7 Å². The van der Waals surface area contributed by atoms with Gasteiger partial charge in [-0.2, -0.15) is 0 Å². The van der Waals surface area contributed by atoms with Crippen molar-refractivity contribution in [3.05, 3.63) is 211 Å². The first-order valence-electron chi connectivity index (χ1n) is 24.2. The van der Waals surface area contributed by atoms with Crippen LogP contribution in [0.15, 0.2) is 194 Å². The molecule has 3 aliphatic carbocycles. The van der Waals surface area contributed by atoms with Crippen molar-refractivity contribution in [2.24, 2.45) is 34.0 Å². The third-order valence-corrected chi connectivity index (χ3v) is 19.4. The van der Waals surface area contributed by atoms with Crippen LogP contribution in [0.3, 0.4) is 0 Å². The Morgan fingerprint density at radius 1 is 0.529 bits per heavy atom. The maximum Gasteiger partial charge on any atom is 1.00 e. The molecule has 0 amide bonds. The lowest BCUT2D eigenvalue weighted by Gasteiger charge is -2.26. The Bertz CT molecular complexity index is 2330. The van der Waals surface area contributed by atoms with E-state index in [1.165, 1.54) is 45.4 Å². The van der Waals surface area contributed by atoms with Crippen LogP contribution < -0.4 is 28.3 Å². The second-order valence-corrected chi connectivity index (χ2v) is 23.4. The number of halogens is 1. The van der Waals surface area contributed by atoms with Crippen LogP contribution in [-0.4, -0.2) is 33.1 Å². The van der Waals surface area contributed by atoms with Gasteiger partial charge in [-0.3, -0.25) is 0 Å². The van der Waals surface area contributed by atoms with Crippen molar-refractivity contribution >= 4 is 35.7 Å². The Kier molecular flexibility index (Phi) is 19.7. The highest BCUT2D eigenvalue weighted by Gasteiger charge is 2.54. The number of allylic oxidation sites excluding steroid dienone is 1. The van der Waals surface area contributed by atoms with E-state index in [2.05, 4.69) is 217 Å². The van der Waals surface area contributed by atoms with E-state index in [4.69, 9.17) is 9.47 Å². The number of aldehydes is 2. The molecule has 0 N–H and O–H groups in total. The summed E-state index contributed by atoms with van der Waals surface area (Å²) in [4.78, 5) is 21.4. The summed E-state index contributed by atoms with van der Waals surface area (Å²) in [5.74, 6) is 3.70. The predicted molar refractivity (Wildman–Crippen MR) is 284 cm³/mol. The topological polar surface area (TPSA) is 52.6 Å². The van der Waals surface area contributed by atoms with Gasteiger partial charge in [-0.05, 0) is 125 Å². The number of benzene rings is 6.